The molecule has 1 heterocycles. The van der Waals surface area contributed by atoms with Gasteiger partial charge in [0.1, 0.15) is 0 Å². The molecule has 2 aromatic rings. The minimum atomic E-state index is -1.49. The number of amides is 1. The van der Waals surface area contributed by atoms with E-state index in [2.05, 4.69) is 12.1 Å². The summed E-state index contributed by atoms with van der Waals surface area (Å²) >= 11 is 0. The van der Waals surface area contributed by atoms with Crippen LogP contribution >= 0.6 is 0 Å². The largest absolute Gasteiger partial charge is 0.488 e. The fourth-order valence-corrected chi connectivity index (χ4v) is 2.84. The Hall–Kier alpha value is -2.11. The molecule has 0 fully saturated rings. The zero-order chi connectivity index (χ0) is 15.5. The highest BCUT2D eigenvalue weighted by Gasteiger charge is 2.25. The van der Waals surface area contributed by atoms with Crippen LogP contribution in [0.4, 0.5) is 0 Å². The molecule has 22 heavy (non-hydrogen) atoms. The Morgan fingerprint density at radius 2 is 1.86 bits per heavy atom. The molecule has 0 unspecified atom stereocenters. The topological polar surface area (TPSA) is 60.8 Å². The summed E-state index contributed by atoms with van der Waals surface area (Å²) in [5.41, 5.74) is 3.22. The summed E-state index contributed by atoms with van der Waals surface area (Å²) in [6.07, 6.45) is 1.59. The summed E-state index contributed by atoms with van der Waals surface area (Å²) in [6, 6.07) is 15.1. The minimum Gasteiger partial charge on any atom is -0.423 e. The summed E-state index contributed by atoms with van der Waals surface area (Å²) in [5.74, 6) is 0.0242. The van der Waals surface area contributed by atoms with Gasteiger partial charge in [0.05, 0.1) is 0 Å². The van der Waals surface area contributed by atoms with Gasteiger partial charge in [0.25, 0.3) is 5.91 Å². The van der Waals surface area contributed by atoms with Crippen molar-refractivity contribution in [2.24, 2.45) is 0 Å². The minimum absolute atomic E-state index is 0.0242. The van der Waals surface area contributed by atoms with Crippen LogP contribution in [0.3, 0.4) is 0 Å². The van der Waals surface area contributed by atoms with Crippen LogP contribution in [0.5, 0.6) is 0 Å². The third kappa shape index (κ3) is 3.05. The van der Waals surface area contributed by atoms with Crippen LogP contribution in [0, 0.1) is 0 Å². The Labute approximate surface area is 130 Å². The molecular formula is C17H18BNO3. The van der Waals surface area contributed by atoms with Gasteiger partial charge in [-0.05, 0) is 35.5 Å². The molecular weight excluding hydrogens is 277 g/mol. The zero-order valence-corrected chi connectivity index (χ0v) is 12.3. The van der Waals surface area contributed by atoms with E-state index in [0.29, 0.717) is 24.1 Å². The number of benzene rings is 2. The molecule has 112 valence electrons. The molecule has 0 aromatic heterocycles. The van der Waals surface area contributed by atoms with Crippen molar-refractivity contribution in [1.29, 1.82) is 0 Å². The third-order valence-corrected chi connectivity index (χ3v) is 4.11. The first-order valence-electron chi connectivity index (χ1n) is 7.47. The Balaban J connectivity index is 1.71. The van der Waals surface area contributed by atoms with E-state index >= 15 is 0 Å². The van der Waals surface area contributed by atoms with Crippen molar-refractivity contribution >= 4 is 18.5 Å². The van der Waals surface area contributed by atoms with Gasteiger partial charge < -0.3 is 14.9 Å². The number of hydrogen-bond acceptors (Lipinski definition) is 3. The molecule has 2 N–H and O–H groups in total. The predicted molar refractivity (Wildman–Crippen MR) is 86.0 cm³/mol. The van der Waals surface area contributed by atoms with Crippen molar-refractivity contribution in [1.82, 2.24) is 4.90 Å². The molecule has 0 aliphatic carbocycles. The Bertz CT molecular complexity index is 673. The summed E-state index contributed by atoms with van der Waals surface area (Å²) in [5, 5.41) is 18.4. The first-order valence-corrected chi connectivity index (χ1v) is 7.47. The van der Waals surface area contributed by atoms with E-state index in [4.69, 9.17) is 0 Å². The van der Waals surface area contributed by atoms with E-state index in [1.165, 1.54) is 5.56 Å². The lowest BCUT2D eigenvalue weighted by Gasteiger charge is -2.29. The van der Waals surface area contributed by atoms with Gasteiger partial charge in [0, 0.05) is 18.7 Å². The zero-order valence-electron chi connectivity index (χ0n) is 12.3. The average molecular weight is 295 g/mol. The molecule has 5 heteroatoms. The summed E-state index contributed by atoms with van der Waals surface area (Å²) in [7, 11) is -1.49. The van der Waals surface area contributed by atoms with Gasteiger partial charge in [-0.15, -0.1) is 0 Å². The number of fused-ring (bicyclic) bond motifs is 1. The van der Waals surface area contributed by atoms with Crippen LogP contribution in [0.25, 0.3) is 0 Å². The normalized spacial score (nSPS) is 13.9. The molecule has 0 atom stereocenters. The van der Waals surface area contributed by atoms with Crippen molar-refractivity contribution < 1.29 is 14.8 Å². The summed E-state index contributed by atoms with van der Waals surface area (Å²) < 4.78 is 0. The number of hydrogen-bond donors (Lipinski definition) is 2. The van der Waals surface area contributed by atoms with E-state index in [1.807, 2.05) is 23.1 Å². The maximum absolute atomic E-state index is 12.5. The molecule has 0 saturated heterocycles. The predicted octanol–water partition coefficient (Wildman–Crippen LogP) is 0.607. The van der Waals surface area contributed by atoms with Crippen LogP contribution in [0.15, 0.2) is 48.5 Å². The molecule has 1 aliphatic heterocycles. The van der Waals surface area contributed by atoms with Crippen LogP contribution in [0.2, 0.25) is 0 Å². The summed E-state index contributed by atoms with van der Waals surface area (Å²) in [4.78, 5) is 14.4. The number of carbonyl (C=O) groups excluding carboxylic acids is 1. The number of rotatable bonds is 4. The summed E-state index contributed by atoms with van der Waals surface area (Å²) in [6.45, 7) is 1.37. The number of carbonyl (C=O) groups is 1. The SMILES string of the molecule is O=C1c2ccc(B(O)O)cc2CCN1CCc1ccccc1. The second-order valence-electron chi connectivity index (χ2n) is 5.57. The third-order valence-electron chi connectivity index (χ3n) is 4.11. The lowest BCUT2D eigenvalue weighted by Crippen LogP contribution is -2.40. The van der Waals surface area contributed by atoms with Gasteiger partial charge in [-0.25, -0.2) is 0 Å². The van der Waals surface area contributed by atoms with Gasteiger partial charge in [-0.2, -0.15) is 0 Å². The van der Waals surface area contributed by atoms with Crippen LogP contribution in [0.1, 0.15) is 21.5 Å². The van der Waals surface area contributed by atoms with Gasteiger partial charge in [0.2, 0.25) is 0 Å². The molecule has 0 spiro atoms. The Kier molecular flexibility index (Phi) is 4.27. The van der Waals surface area contributed by atoms with E-state index in [0.717, 1.165) is 18.4 Å². The lowest BCUT2D eigenvalue weighted by atomic mass is 9.78. The maximum atomic E-state index is 12.5. The highest BCUT2D eigenvalue weighted by atomic mass is 16.4. The van der Waals surface area contributed by atoms with Gasteiger partial charge in [0.15, 0.2) is 0 Å². The number of nitrogens with zero attached hydrogens (tertiary/aromatic N) is 1. The Morgan fingerprint density at radius 3 is 2.59 bits per heavy atom. The van der Waals surface area contributed by atoms with Gasteiger partial charge in [-0.1, -0.05) is 42.5 Å². The Morgan fingerprint density at radius 1 is 1.09 bits per heavy atom. The first-order chi connectivity index (χ1) is 10.6. The molecule has 0 radical (unpaired) electrons. The molecule has 1 aliphatic rings. The van der Waals surface area contributed by atoms with Crippen molar-refractivity contribution in [3.63, 3.8) is 0 Å². The average Bonchev–Trinajstić information content (AvgIpc) is 2.55. The molecule has 2 aromatic carbocycles. The molecule has 0 bridgehead atoms. The lowest BCUT2D eigenvalue weighted by molar-refractivity contribution is 0.0742. The van der Waals surface area contributed by atoms with Gasteiger partial charge in [-0.3, -0.25) is 4.79 Å². The highest BCUT2D eigenvalue weighted by Crippen LogP contribution is 2.18. The van der Waals surface area contributed by atoms with Crippen molar-refractivity contribution in [2.75, 3.05) is 13.1 Å². The van der Waals surface area contributed by atoms with E-state index in [-0.39, 0.29) is 5.91 Å². The van der Waals surface area contributed by atoms with Crippen molar-refractivity contribution in [3.8, 4) is 0 Å². The molecule has 1 amide bonds. The second kappa shape index (κ2) is 6.34. The van der Waals surface area contributed by atoms with E-state index in [9.17, 15) is 14.8 Å². The van der Waals surface area contributed by atoms with E-state index < -0.39 is 7.12 Å². The van der Waals surface area contributed by atoms with Crippen molar-refractivity contribution in [2.45, 2.75) is 12.8 Å². The molecule has 0 saturated carbocycles. The van der Waals surface area contributed by atoms with Crippen LogP contribution < -0.4 is 5.46 Å². The maximum Gasteiger partial charge on any atom is 0.488 e. The molecule has 4 nitrogen and oxygen atoms in total. The van der Waals surface area contributed by atoms with Crippen LogP contribution in [-0.4, -0.2) is 41.1 Å². The monoisotopic (exact) mass is 295 g/mol. The standard InChI is InChI=1S/C17H18BNO3/c20-17-16-7-6-15(18(21)22)12-14(16)9-11-19(17)10-8-13-4-2-1-3-5-13/h1-7,12,21-22H,8-11H2. The fourth-order valence-electron chi connectivity index (χ4n) is 2.84. The highest BCUT2D eigenvalue weighted by molar-refractivity contribution is 6.58. The van der Waals surface area contributed by atoms with E-state index in [1.54, 1.807) is 18.2 Å². The van der Waals surface area contributed by atoms with Crippen LogP contribution in [-0.2, 0) is 12.8 Å². The van der Waals surface area contributed by atoms with Crippen molar-refractivity contribution in [3.05, 3.63) is 65.2 Å². The van der Waals surface area contributed by atoms with Gasteiger partial charge >= 0.3 is 7.12 Å². The second-order valence-corrected chi connectivity index (χ2v) is 5.57. The quantitative estimate of drug-likeness (QED) is 0.812. The molecule has 3 rings (SSSR count). The fraction of sp³-hybridized carbons (Fsp3) is 0.235. The smallest absolute Gasteiger partial charge is 0.423 e. The first kappa shape index (κ1) is 14.8.